The molecule has 0 aromatic heterocycles. The van der Waals surface area contributed by atoms with Crippen molar-refractivity contribution < 1.29 is 19.1 Å². The van der Waals surface area contributed by atoms with Gasteiger partial charge in [0.1, 0.15) is 12.4 Å². The van der Waals surface area contributed by atoms with E-state index in [2.05, 4.69) is 0 Å². The van der Waals surface area contributed by atoms with Crippen molar-refractivity contribution in [1.82, 2.24) is 0 Å². The van der Waals surface area contributed by atoms with E-state index in [0.717, 1.165) is 5.56 Å². The molecule has 0 radical (unpaired) electrons. The molecule has 27 heavy (non-hydrogen) atoms. The molecule has 7 heteroatoms. The first-order valence-electron chi connectivity index (χ1n) is 8.09. The Morgan fingerprint density at radius 1 is 1.00 bits per heavy atom. The number of ether oxygens (including phenoxy) is 2. The van der Waals surface area contributed by atoms with Crippen molar-refractivity contribution in [3.05, 3.63) is 77.9 Å². The van der Waals surface area contributed by atoms with Gasteiger partial charge in [0.25, 0.3) is 0 Å². The van der Waals surface area contributed by atoms with E-state index >= 15 is 0 Å². The van der Waals surface area contributed by atoms with Gasteiger partial charge in [-0.15, -0.1) is 0 Å². The lowest BCUT2D eigenvalue weighted by atomic mass is 9.81. The number of alkyl halides is 3. The molecule has 0 bridgehead atoms. The van der Waals surface area contributed by atoms with Gasteiger partial charge in [0.05, 0.1) is 0 Å². The second kappa shape index (κ2) is 7.93. The van der Waals surface area contributed by atoms with E-state index in [1.165, 1.54) is 6.08 Å². The number of hydrogen-bond acceptors (Lipinski definition) is 4. The largest absolute Gasteiger partial charge is 0.460 e. The predicted molar refractivity (Wildman–Crippen MR) is 104 cm³/mol. The van der Waals surface area contributed by atoms with Gasteiger partial charge in [-0.05, 0) is 11.6 Å². The SMILES string of the molecule is O=C(OCC(Cl)(Cl)Cl)[C@@]1(Cc2ccccc2)C=C(c2ccccc2)OC1=O. The minimum atomic E-state index is -1.78. The topological polar surface area (TPSA) is 52.6 Å². The van der Waals surface area contributed by atoms with Crippen LogP contribution in [0.5, 0.6) is 0 Å². The molecule has 0 saturated carbocycles. The first-order valence-corrected chi connectivity index (χ1v) is 9.22. The lowest BCUT2D eigenvalue weighted by Gasteiger charge is -2.22. The quantitative estimate of drug-likeness (QED) is 0.395. The third-order valence-electron chi connectivity index (χ3n) is 4.06. The summed E-state index contributed by atoms with van der Waals surface area (Å²) in [7, 11) is 0. The highest BCUT2D eigenvalue weighted by molar-refractivity contribution is 6.67. The van der Waals surface area contributed by atoms with Crippen LogP contribution in [-0.2, 0) is 25.5 Å². The molecule has 3 rings (SSSR count). The van der Waals surface area contributed by atoms with E-state index < -0.39 is 27.8 Å². The van der Waals surface area contributed by atoms with Crippen LogP contribution in [0.3, 0.4) is 0 Å². The summed E-state index contributed by atoms with van der Waals surface area (Å²) < 4.78 is 8.77. The first-order chi connectivity index (χ1) is 12.8. The molecule has 1 aliphatic rings. The van der Waals surface area contributed by atoms with Crippen LogP contribution >= 0.6 is 34.8 Å². The zero-order valence-electron chi connectivity index (χ0n) is 14.0. The molecule has 0 unspecified atom stereocenters. The first kappa shape index (κ1) is 19.7. The third-order valence-corrected chi connectivity index (χ3v) is 4.39. The third kappa shape index (κ3) is 4.64. The Labute approximate surface area is 171 Å². The molecule has 2 aromatic rings. The molecule has 1 atom stereocenters. The van der Waals surface area contributed by atoms with Gasteiger partial charge in [-0.3, -0.25) is 9.59 Å². The van der Waals surface area contributed by atoms with Crippen molar-refractivity contribution in [2.45, 2.75) is 10.2 Å². The maximum absolute atomic E-state index is 12.9. The normalized spacial score (nSPS) is 19.4. The summed E-state index contributed by atoms with van der Waals surface area (Å²) in [4.78, 5) is 25.6. The van der Waals surface area contributed by atoms with Crippen molar-refractivity contribution in [1.29, 1.82) is 0 Å². The Morgan fingerprint density at radius 2 is 1.59 bits per heavy atom. The minimum Gasteiger partial charge on any atom is -0.460 e. The van der Waals surface area contributed by atoms with E-state index in [-0.39, 0.29) is 6.42 Å². The summed E-state index contributed by atoms with van der Waals surface area (Å²) in [6.45, 7) is -0.477. The summed E-state index contributed by atoms with van der Waals surface area (Å²) in [5.74, 6) is -1.25. The number of hydrogen-bond donors (Lipinski definition) is 0. The van der Waals surface area contributed by atoms with Gasteiger partial charge in [-0.2, -0.15) is 0 Å². The van der Waals surface area contributed by atoms with Crippen LogP contribution in [0.15, 0.2) is 66.7 Å². The molecule has 1 heterocycles. The summed E-state index contributed by atoms with van der Waals surface area (Å²) in [6, 6.07) is 18.1. The molecule has 0 saturated heterocycles. The van der Waals surface area contributed by atoms with E-state index in [9.17, 15) is 9.59 Å². The van der Waals surface area contributed by atoms with Crippen LogP contribution in [0.1, 0.15) is 11.1 Å². The van der Waals surface area contributed by atoms with E-state index in [4.69, 9.17) is 44.3 Å². The second-order valence-electron chi connectivity index (χ2n) is 6.09. The van der Waals surface area contributed by atoms with Crippen LogP contribution in [-0.4, -0.2) is 22.3 Å². The number of rotatable bonds is 5. The Balaban J connectivity index is 1.98. The van der Waals surface area contributed by atoms with Gasteiger partial charge >= 0.3 is 11.9 Å². The zero-order valence-corrected chi connectivity index (χ0v) is 16.3. The highest BCUT2D eigenvalue weighted by Crippen LogP contribution is 2.40. The molecule has 1 aliphatic heterocycles. The molecule has 0 N–H and O–H groups in total. The number of halogens is 3. The lowest BCUT2D eigenvalue weighted by Crippen LogP contribution is -2.40. The van der Waals surface area contributed by atoms with Gasteiger partial charge < -0.3 is 9.47 Å². The number of carbonyl (C=O) groups excluding carboxylic acids is 2. The van der Waals surface area contributed by atoms with Crippen molar-refractivity contribution in [2.24, 2.45) is 5.41 Å². The molecule has 2 aromatic carbocycles. The van der Waals surface area contributed by atoms with Crippen molar-refractivity contribution in [2.75, 3.05) is 6.61 Å². The van der Waals surface area contributed by atoms with Gasteiger partial charge in [0.2, 0.25) is 3.79 Å². The van der Waals surface area contributed by atoms with E-state index in [1.54, 1.807) is 12.1 Å². The van der Waals surface area contributed by atoms with Crippen LogP contribution < -0.4 is 0 Å². The molecule has 0 aliphatic carbocycles. The average molecular weight is 426 g/mol. The lowest BCUT2D eigenvalue weighted by molar-refractivity contribution is -0.162. The summed E-state index contributed by atoms with van der Waals surface area (Å²) in [5.41, 5.74) is -0.205. The molecule has 0 amide bonds. The summed E-state index contributed by atoms with van der Waals surface area (Å²) >= 11 is 17.0. The van der Waals surface area contributed by atoms with Gasteiger partial charge in [0, 0.05) is 12.0 Å². The zero-order chi connectivity index (χ0) is 19.5. The predicted octanol–water partition coefficient (Wildman–Crippen LogP) is 4.73. The monoisotopic (exact) mass is 424 g/mol. The Morgan fingerprint density at radius 3 is 2.19 bits per heavy atom. The number of cyclic esters (lactones) is 1. The summed E-state index contributed by atoms with van der Waals surface area (Å²) in [5, 5.41) is 0. The average Bonchev–Trinajstić information content (AvgIpc) is 2.98. The van der Waals surface area contributed by atoms with Crippen LogP contribution in [0, 0.1) is 5.41 Å². The molecule has 0 fully saturated rings. The van der Waals surface area contributed by atoms with Gasteiger partial charge in [-0.25, -0.2) is 0 Å². The Bertz CT molecular complexity index is 860. The second-order valence-corrected chi connectivity index (χ2v) is 8.61. The Hall–Kier alpha value is -2.01. The fourth-order valence-corrected chi connectivity index (χ4v) is 2.94. The maximum atomic E-state index is 12.9. The molecule has 0 spiro atoms. The standard InChI is InChI=1S/C20H15Cl3O4/c21-20(22,23)13-26-17(24)19(11-14-7-3-1-4-8-14)12-16(27-18(19)25)15-9-5-2-6-10-15/h1-10,12H,11,13H2/t19-/m1/s1. The molecule has 140 valence electrons. The smallest absolute Gasteiger partial charge is 0.333 e. The van der Waals surface area contributed by atoms with E-state index in [1.807, 2.05) is 48.5 Å². The van der Waals surface area contributed by atoms with Crippen LogP contribution in [0.2, 0.25) is 0 Å². The fraction of sp³-hybridized carbons (Fsp3) is 0.200. The fourth-order valence-electron chi connectivity index (χ4n) is 2.78. The number of benzene rings is 2. The Kier molecular flexibility index (Phi) is 5.80. The number of carbonyl (C=O) groups is 2. The summed E-state index contributed by atoms with van der Waals surface area (Å²) in [6.07, 6.45) is 1.56. The number of esters is 2. The molecule has 4 nitrogen and oxygen atoms in total. The van der Waals surface area contributed by atoms with Crippen LogP contribution in [0.25, 0.3) is 5.76 Å². The van der Waals surface area contributed by atoms with Crippen LogP contribution in [0.4, 0.5) is 0 Å². The van der Waals surface area contributed by atoms with Gasteiger partial charge in [-0.1, -0.05) is 95.5 Å². The maximum Gasteiger partial charge on any atom is 0.333 e. The van der Waals surface area contributed by atoms with Gasteiger partial charge in [0.15, 0.2) is 5.41 Å². The highest BCUT2D eigenvalue weighted by atomic mass is 35.6. The van der Waals surface area contributed by atoms with Crippen molar-refractivity contribution >= 4 is 52.5 Å². The van der Waals surface area contributed by atoms with E-state index in [0.29, 0.717) is 11.3 Å². The highest BCUT2D eigenvalue weighted by Gasteiger charge is 2.52. The molecular weight excluding hydrogens is 411 g/mol. The minimum absolute atomic E-state index is 0.0711. The van der Waals surface area contributed by atoms with Crippen molar-refractivity contribution in [3.63, 3.8) is 0 Å². The molecular formula is C20H15Cl3O4. The van der Waals surface area contributed by atoms with Crippen molar-refractivity contribution in [3.8, 4) is 0 Å².